The number of carbonyl (C=O) groups excluding carboxylic acids is 1. The van der Waals surface area contributed by atoms with Gasteiger partial charge in [0.1, 0.15) is 0 Å². The van der Waals surface area contributed by atoms with Gasteiger partial charge in [-0.2, -0.15) is 0 Å². The lowest BCUT2D eigenvalue weighted by Crippen LogP contribution is -2.32. The summed E-state index contributed by atoms with van der Waals surface area (Å²) in [6.07, 6.45) is 1.10. The van der Waals surface area contributed by atoms with Gasteiger partial charge in [-0.05, 0) is 42.3 Å². The molecule has 3 rings (SSSR count). The van der Waals surface area contributed by atoms with Gasteiger partial charge in [-0.1, -0.05) is 29.8 Å². The van der Waals surface area contributed by atoms with Gasteiger partial charge in [0.2, 0.25) is 5.91 Å². The average Bonchev–Trinajstić information content (AvgIpc) is 3.02. The fourth-order valence-corrected chi connectivity index (χ4v) is 3.07. The van der Waals surface area contributed by atoms with Crippen LogP contribution in [0, 0.1) is 0 Å². The van der Waals surface area contributed by atoms with Crippen LogP contribution in [-0.2, 0) is 6.54 Å². The molecule has 1 aliphatic rings. The maximum absolute atomic E-state index is 11.1. The van der Waals surface area contributed by atoms with E-state index in [0.717, 1.165) is 36.6 Å². The van der Waals surface area contributed by atoms with Crippen LogP contribution in [0.15, 0.2) is 48.5 Å². The highest BCUT2D eigenvalue weighted by Gasteiger charge is 2.22. The molecule has 0 bridgehead atoms. The third kappa shape index (κ3) is 4.03. The summed E-state index contributed by atoms with van der Waals surface area (Å²) in [6.45, 7) is 2.78. The molecule has 1 saturated heterocycles. The Labute approximate surface area is 141 Å². The van der Waals surface area contributed by atoms with Crippen molar-refractivity contribution in [2.45, 2.75) is 19.0 Å². The van der Waals surface area contributed by atoms with E-state index >= 15 is 0 Å². The van der Waals surface area contributed by atoms with Gasteiger partial charge < -0.3 is 16.0 Å². The molecule has 0 spiro atoms. The summed E-state index contributed by atoms with van der Waals surface area (Å²) < 4.78 is 0. The number of amides is 1. The normalized spacial score (nSPS) is 17.4. The zero-order valence-electron chi connectivity index (χ0n) is 12.8. The molecule has 1 aliphatic heterocycles. The molecule has 5 heteroatoms. The third-order valence-corrected chi connectivity index (χ3v) is 4.43. The second-order valence-electron chi connectivity index (χ2n) is 5.85. The minimum Gasteiger partial charge on any atom is -0.370 e. The summed E-state index contributed by atoms with van der Waals surface area (Å²) >= 11 is 6.06. The first kappa shape index (κ1) is 15.8. The monoisotopic (exact) mass is 329 g/mol. The molecule has 2 aromatic carbocycles. The molecular formula is C18H20ClN3O. The van der Waals surface area contributed by atoms with Gasteiger partial charge in [0.15, 0.2) is 0 Å². The van der Waals surface area contributed by atoms with Crippen molar-refractivity contribution in [1.29, 1.82) is 0 Å². The lowest BCUT2D eigenvalue weighted by Gasteiger charge is -2.19. The van der Waals surface area contributed by atoms with Gasteiger partial charge in [-0.15, -0.1) is 0 Å². The molecule has 23 heavy (non-hydrogen) atoms. The van der Waals surface area contributed by atoms with Gasteiger partial charge in [-0.25, -0.2) is 0 Å². The Hall–Kier alpha value is -2.04. The molecule has 2 aromatic rings. The van der Waals surface area contributed by atoms with Crippen LogP contribution in [0.2, 0.25) is 5.02 Å². The van der Waals surface area contributed by atoms with E-state index in [1.54, 1.807) is 12.1 Å². The zero-order valence-corrected chi connectivity index (χ0v) is 13.6. The second-order valence-corrected chi connectivity index (χ2v) is 6.29. The number of benzene rings is 2. The van der Waals surface area contributed by atoms with E-state index in [-0.39, 0.29) is 0 Å². The Morgan fingerprint density at radius 2 is 2.04 bits per heavy atom. The maximum atomic E-state index is 11.1. The molecule has 1 heterocycles. The summed E-state index contributed by atoms with van der Waals surface area (Å²) in [6, 6.07) is 15.9. The van der Waals surface area contributed by atoms with E-state index in [0.29, 0.717) is 11.6 Å². The number of carbonyl (C=O) groups is 1. The Balaban J connectivity index is 1.53. The van der Waals surface area contributed by atoms with Crippen LogP contribution >= 0.6 is 11.6 Å². The molecule has 4 nitrogen and oxygen atoms in total. The van der Waals surface area contributed by atoms with Crippen LogP contribution in [-0.4, -0.2) is 25.0 Å². The number of nitrogens with two attached hydrogens (primary N) is 1. The fraction of sp³-hybridized carbons (Fsp3) is 0.278. The SMILES string of the molecule is NC(=O)c1ccc(CN[C@@H]2CCN(c3cccc(Cl)c3)C2)cc1. The Morgan fingerprint density at radius 3 is 2.74 bits per heavy atom. The van der Waals surface area contributed by atoms with Crippen molar-refractivity contribution in [3.8, 4) is 0 Å². The van der Waals surface area contributed by atoms with E-state index in [9.17, 15) is 4.79 Å². The lowest BCUT2D eigenvalue weighted by atomic mass is 10.1. The third-order valence-electron chi connectivity index (χ3n) is 4.19. The van der Waals surface area contributed by atoms with Crippen molar-refractivity contribution in [2.75, 3.05) is 18.0 Å². The summed E-state index contributed by atoms with van der Waals surface area (Å²) in [5.41, 5.74) is 8.12. The molecule has 0 aliphatic carbocycles. The number of halogens is 1. The van der Waals surface area contributed by atoms with Crippen LogP contribution < -0.4 is 16.0 Å². The lowest BCUT2D eigenvalue weighted by molar-refractivity contribution is 0.100. The quantitative estimate of drug-likeness (QED) is 0.886. The van der Waals surface area contributed by atoms with Gasteiger partial charge in [-0.3, -0.25) is 4.79 Å². The van der Waals surface area contributed by atoms with Gasteiger partial charge in [0, 0.05) is 41.9 Å². The summed E-state index contributed by atoms with van der Waals surface area (Å²) in [5.74, 6) is -0.391. The Bertz CT molecular complexity index is 687. The molecule has 1 fully saturated rings. The molecule has 1 amide bonds. The van der Waals surface area contributed by atoms with E-state index in [1.807, 2.05) is 30.3 Å². The predicted octanol–water partition coefficient (Wildman–Crippen LogP) is 2.81. The van der Waals surface area contributed by atoms with Crippen LogP contribution in [0.25, 0.3) is 0 Å². The Kier molecular flexibility index (Phi) is 4.84. The first-order chi connectivity index (χ1) is 11.1. The fourth-order valence-electron chi connectivity index (χ4n) is 2.88. The molecule has 0 unspecified atom stereocenters. The highest BCUT2D eigenvalue weighted by Crippen LogP contribution is 2.23. The predicted molar refractivity (Wildman–Crippen MR) is 93.9 cm³/mol. The highest BCUT2D eigenvalue weighted by atomic mass is 35.5. The molecule has 3 N–H and O–H groups in total. The number of nitrogens with zero attached hydrogens (tertiary/aromatic N) is 1. The van der Waals surface area contributed by atoms with Crippen molar-refractivity contribution in [2.24, 2.45) is 5.73 Å². The first-order valence-electron chi connectivity index (χ1n) is 7.74. The van der Waals surface area contributed by atoms with Crippen molar-refractivity contribution >= 4 is 23.2 Å². The Morgan fingerprint density at radius 1 is 1.26 bits per heavy atom. The van der Waals surface area contributed by atoms with Crippen molar-refractivity contribution in [3.63, 3.8) is 0 Å². The number of nitrogens with one attached hydrogen (secondary N) is 1. The minimum atomic E-state index is -0.391. The summed E-state index contributed by atoms with van der Waals surface area (Å²) in [5, 5.41) is 4.34. The molecule has 0 aromatic heterocycles. The van der Waals surface area contributed by atoms with Crippen LogP contribution in [0.4, 0.5) is 5.69 Å². The highest BCUT2D eigenvalue weighted by molar-refractivity contribution is 6.30. The van der Waals surface area contributed by atoms with Crippen molar-refractivity contribution < 1.29 is 4.79 Å². The maximum Gasteiger partial charge on any atom is 0.248 e. The van der Waals surface area contributed by atoms with Crippen LogP contribution in [0.1, 0.15) is 22.3 Å². The van der Waals surface area contributed by atoms with Gasteiger partial charge in [0.05, 0.1) is 0 Å². The minimum absolute atomic E-state index is 0.391. The van der Waals surface area contributed by atoms with Crippen LogP contribution in [0.3, 0.4) is 0 Å². The average molecular weight is 330 g/mol. The topological polar surface area (TPSA) is 58.4 Å². The van der Waals surface area contributed by atoms with Crippen molar-refractivity contribution in [1.82, 2.24) is 5.32 Å². The molecule has 120 valence electrons. The number of hydrogen-bond donors (Lipinski definition) is 2. The smallest absolute Gasteiger partial charge is 0.248 e. The first-order valence-corrected chi connectivity index (χ1v) is 8.12. The largest absolute Gasteiger partial charge is 0.370 e. The van der Waals surface area contributed by atoms with E-state index in [2.05, 4.69) is 16.3 Å². The molecule has 0 radical (unpaired) electrons. The number of primary amides is 1. The summed E-state index contributed by atoms with van der Waals surface area (Å²) in [4.78, 5) is 13.4. The van der Waals surface area contributed by atoms with E-state index in [1.165, 1.54) is 5.69 Å². The van der Waals surface area contributed by atoms with Gasteiger partial charge >= 0.3 is 0 Å². The van der Waals surface area contributed by atoms with Crippen molar-refractivity contribution in [3.05, 3.63) is 64.7 Å². The molecule has 0 saturated carbocycles. The molecular weight excluding hydrogens is 310 g/mol. The molecule has 1 atom stereocenters. The number of rotatable bonds is 5. The zero-order chi connectivity index (χ0) is 16.2. The van der Waals surface area contributed by atoms with Gasteiger partial charge in [0.25, 0.3) is 0 Å². The second kappa shape index (κ2) is 7.02. The number of hydrogen-bond acceptors (Lipinski definition) is 3. The van der Waals surface area contributed by atoms with Crippen LogP contribution in [0.5, 0.6) is 0 Å². The summed E-state index contributed by atoms with van der Waals surface area (Å²) in [7, 11) is 0. The van der Waals surface area contributed by atoms with E-state index in [4.69, 9.17) is 17.3 Å². The van der Waals surface area contributed by atoms with E-state index < -0.39 is 5.91 Å². The number of anilines is 1. The standard InChI is InChI=1S/C18H20ClN3O/c19-15-2-1-3-17(10-15)22-9-8-16(12-22)21-11-13-4-6-14(7-5-13)18(20)23/h1-7,10,16,21H,8-9,11-12H2,(H2,20,23)/t16-/m1/s1.